The molecule has 0 heterocycles. The molecular weight excluding hydrogens is 236 g/mol. The molecule has 0 bridgehead atoms. The summed E-state index contributed by atoms with van der Waals surface area (Å²) in [6.07, 6.45) is 0.788. The normalized spacial score (nSPS) is 11.3. The second kappa shape index (κ2) is 7.82. The van der Waals surface area contributed by atoms with Gasteiger partial charge in [-0.2, -0.15) is 0 Å². The van der Waals surface area contributed by atoms with Crippen LogP contribution in [0.2, 0.25) is 0 Å². The van der Waals surface area contributed by atoms with Crippen LogP contribution in [0.4, 0.5) is 0 Å². The summed E-state index contributed by atoms with van der Waals surface area (Å²) in [6, 6.07) is 0. The zero-order chi connectivity index (χ0) is 8.91. The van der Waals surface area contributed by atoms with Gasteiger partial charge in [-0.15, -0.1) is 3.94 Å². The molecule has 0 spiro atoms. The zero-order valence-electron chi connectivity index (χ0n) is 6.66. The van der Waals surface area contributed by atoms with E-state index < -0.39 is 10.1 Å². The van der Waals surface area contributed by atoms with Gasteiger partial charge in [-0.3, -0.25) is 0 Å². The van der Waals surface area contributed by atoms with E-state index in [0.717, 1.165) is 3.94 Å². The average Bonchev–Trinajstić information content (AvgIpc) is 1.78. The molecule has 0 rings (SSSR count). The van der Waals surface area contributed by atoms with Crippen LogP contribution in [0.5, 0.6) is 0 Å². The zero-order valence-corrected chi connectivity index (χ0v) is 11.0. The summed E-state index contributed by atoms with van der Waals surface area (Å²) in [7, 11) is -4.08. The Bertz CT molecular complexity index is 196. The summed E-state index contributed by atoms with van der Waals surface area (Å²) in [4.78, 5) is 0. The van der Waals surface area contributed by atoms with Crippen LogP contribution in [0.15, 0.2) is 0 Å². The molecule has 0 aromatic carbocycles. The monoisotopic (exact) mass is 243 g/mol. The predicted molar refractivity (Wildman–Crippen MR) is 42.2 cm³/mol. The Morgan fingerprint density at radius 2 is 1.75 bits per heavy atom. The third-order valence-electron chi connectivity index (χ3n) is 0.971. The van der Waals surface area contributed by atoms with Crippen LogP contribution in [0.25, 0.3) is 0 Å². The second-order valence-corrected chi connectivity index (χ2v) is 4.51. The first-order valence-corrected chi connectivity index (χ1v) is 5.20. The van der Waals surface area contributed by atoms with E-state index in [-0.39, 0.29) is 35.3 Å². The summed E-state index contributed by atoms with van der Waals surface area (Å²) >= 11 is 10.4. The molecule has 0 aliphatic carbocycles. The van der Waals surface area contributed by atoms with Gasteiger partial charge in [0.25, 0.3) is 0 Å². The Morgan fingerprint density at radius 3 is 2.08 bits per heavy atom. The van der Waals surface area contributed by atoms with Crippen LogP contribution in [0, 0.1) is 0 Å². The van der Waals surface area contributed by atoms with Crippen LogP contribution < -0.4 is 29.6 Å². The van der Waals surface area contributed by atoms with Crippen molar-refractivity contribution in [2.24, 2.45) is 0 Å². The molecule has 0 unspecified atom stereocenters. The van der Waals surface area contributed by atoms with Crippen molar-refractivity contribution in [3.05, 3.63) is 0 Å². The number of rotatable bonds is 5. The number of unbranched alkanes of at least 4 members (excludes halogenated alkanes) is 1. The van der Waals surface area contributed by atoms with Gasteiger partial charge < -0.3 is 4.55 Å². The quantitative estimate of drug-likeness (QED) is 0.241. The van der Waals surface area contributed by atoms with Crippen molar-refractivity contribution >= 4 is 33.7 Å². The molecule has 0 aromatic rings. The Morgan fingerprint density at radius 1 is 1.25 bits per heavy atom. The van der Waals surface area contributed by atoms with E-state index in [1.807, 2.05) is 0 Å². The smallest absolute Gasteiger partial charge is 0.748 e. The van der Waals surface area contributed by atoms with Crippen LogP contribution in [0.1, 0.15) is 12.8 Å². The van der Waals surface area contributed by atoms with E-state index in [1.165, 1.54) is 0 Å². The topological polar surface area (TPSA) is 60.4 Å². The summed E-state index contributed by atoms with van der Waals surface area (Å²) in [5, 5.41) is 0. The maximum Gasteiger partial charge on any atom is 1.00 e. The minimum absolute atomic E-state index is 0. The molecule has 0 amide bonds. The van der Waals surface area contributed by atoms with E-state index >= 15 is 0 Å². The van der Waals surface area contributed by atoms with Crippen molar-refractivity contribution in [2.75, 3.05) is 12.3 Å². The first-order valence-electron chi connectivity index (χ1n) is 2.94. The van der Waals surface area contributed by atoms with Gasteiger partial charge in [0.05, 0.1) is 10.1 Å². The standard InChI is InChI=1S/C4H9Cl2NO3S.Na/c5-7(6)3-1-2-4-11(8,9)10;/h1-4H2,(H,8,9,10);/q;+1/p-1. The average molecular weight is 244 g/mol. The molecule has 0 aliphatic rings. The van der Waals surface area contributed by atoms with Crippen LogP contribution in [-0.4, -0.2) is 29.2 Å². The van der Waals surface area contributed by atoms with Crippen LogP contribution >= 0.6 is 23.6 Å². The number of hydrogen-bond acceptors (Lipinski definition) is 4. The van der Waals surface area contributed by atoms with E-state index in [4.69, 9.17) is 23.6 Å². The fourth-order valence-electron chi connectivity index (χ4n) is 0.510. The van der Waals surface area contributed by atoms with Gasteiger partial charge in [0, 0.05) is 12.3 Å². The van der Waals surface area contributed by atoms with Gasteiger partial charge in [0.15, 0.2) is 0 Å². The van der Waals surface area contributed by atoms with Crippen molar-refractivity contribution in [2.45, 2.75) is 12.8 Å². The first-order chi connectivity index (χ1) is 4.92. The molecule has 68 valence electrons. The van der Waals surface area contributed by atoms with Gasteiger partial charge in [0.2, 0.25) is 0 Å². The Hall–Kier alpha value is 1.45. The molecule has 0 atom stereocenters. The molecule has 0 aliphatic heterocycles. The summed E-state index contributed by atoms with van der Waals surface area (Å²) in [6.45, 7) is 0.360. The number of hydrogen-bond donors (Lipinski definition) is 0. The van der Waals surface area contributed by atoms with Crippen molar-refractivity contribution < 1.29 is 42.5 Å². The van der Waals surface area contributed by atoms with E-state index in [9.17, 15) is 13.0 Å². The van der Waals surface area contributed by atoms with E-state index in [0.29, 0.717) is 19.4 Å². The minimum Gasteiger partial charge on any atom is -0.748 e. The van der Waals surface area contributed by atoms with E-state index in [2.05, 4.69) is 0 Å². The maximum atomic E-state index is 10.0. The fraction of sp³-hybridized carbons (Fsp3) is 1.00. The molecule has 0 N–H and O–H groups in total. The maximum absolute atomic E-state index is 10.0. The molecule has 0 fully saturated rings. The third kappa shape index (κ3) is 14.0. The number of nitrogens with zero attached hydrogens (tertiary/aromatic N) is 1. The second-order valence-electron chi connectivity index (χ2n) is 2.00. The molecular formula is C4H8Cl2NNaO3S. The minimum atomic E-state index is -4.08. The van der Waals surface area contributed by atoms with E-state index in [1.54, 1.807) is 0 Å². The molecule has 0 radical (unpaired) electrons. The van der Waals surface area contributed by atoms with Crippen LogP contribution in [0.3, 0.4) is 0 Å². The first kappa shape index (κ1) is 15.9. The van der Waals surface area contributed by atoms with Gasteiger partial charge >= 0.3 is 29.6 Å². The summed E-state index contributed by atoms with van der Waals surface area (Å²) in [5.41, 5.74) is 0. The molecule has 0 saturated heterocycles. The van der Waals surface area contributed by atoms with Gasteiger partial charge in [-0.25, -0.2) is 8.42 Å². The predicted octanol–water partition coefficient (Wildman–Crippen LogP) is -2.07. The molecule has 12 heavy (non-hydrogen) atoms. The Balaban J connectivity index is 0. The fourth-order valence-corrected chi connectivity index (χ4v) is 1.31. The molecule has 8 heteroatoms. The summed E-state index contributed by atoms with van der Waals surface area (Å²) < 4.78 is 31.0. The van der Waals surface area contributed by atoms with Gasteiger partial charge in [0.1, 0.15) is 0 Å². The van der Waals surface area contributed by atoms with Gasteiger partial charge in [-0.05, 0) is 36.4 Å². The third-order valence-corrected chi connectivity index (χ3v) is 2.10. The molecule has 0 saturated carbocycles. The largest absolute Gasteiger partial charge is 1.00 e. The van der Waals surface area contributed by atoms with Crippen molar-refractivity contribution in [3.8, 4) is 0 Å². The van der Waals surface area contributed by atoms with Crippen LogP contribution in [-0.2, 0) is 10.1 Å². The SMILES string of the molecule is O=S(=O)([O-])CCCCN(Cl)Cl.[Na+]. The molecule has 0 aromatic heterocycles. The molecule has 4 nitrogen and oxygen atoms in total. The van der Waals surface area contributed by atoms with Crippen molar-refractivity contribution in [1.82, 2.24) is 3.94 Å². The summed E-state index contributed by atoms with van der Waals surface area (Å²) in [5.74, 6) is -0.353. The van der Waals surface area contributed by atoms with Crippen molar-refractivity contribution in [1.29, 1.82) is 0 Å². The Kier molecular flexibility index (Phi) is 10.4. The Labute approximate surface area is 104 Å². The van der Waals surface area contributed by atoms with Crippen molar-refractivity contribution in [3.63, 3.8) is 0 Å². The van der Waals surface area contributed by atoms with Gasteiger partial charge in [-0.1, -0.05) is 0 Å². The number of halogens is 2.